The van der Waals surface area contributed by atoms with Crippen molar-refractivity contribution in [3.05, 3.63) is 89.1 Å². The van der Waals surface area contributed by atoms with E-state index in [2.05, 4.69) is 15.5 Å². The molecule has 0 bridgehead atoms. The molecule has 0 aliphatic carbocycles. The molecule has 0 aliphatic heterocycles. The topological polar surface area (TPSA) is 90.0 Å². The van der Waals surface area contributed by atoms with Gasteiger partial charge in [-0.25, -0.2) is 4.39 Å². The molecule has 4 aromatic rings. The summed E-state index contributed by atoms with van der Waals surface area (Å²) < 4.78 is 19.7. The highest BCUT2D eigenvalue weighted by molar-refractivity contribution is 5.90. The fourth-order valence-electron chi connectivity index (χ4n) is 2.78. The summed E-state index contributed by atoms with van der Waals surface area (Å²) >= 11 is 0. The predicted molar refractivity (Wildman–Crippen MR) is 104 cm³/mol. The zero-order valence-electron chi connectivity index (χ0n) is 15.1. The molecule has 1 N–H and O–H groups in total. The van der Waals surface area contributed by atoms with Crippen molar-refractivity contribution < 1.29 is 13.7 Å². The van der Waals surface area contributed by atoms with Crippen molar-refractivity contribution in [1.82, 2.24) is 14.7 Å². The number of halogens is 1. The number of aromatic nitrogens is 3. The first-order valence-corrected chi connectivity index (χ1v) is 8.74. The number of benzene rings is 2. The van der Waals surface area contributed by atoms with Gasteiger partial charge in [0.1, 0.15) is 17.9 Å². The first-order valence-electron chi connectivity index (χ1n) is 8.74. The second kappa shape index (κ2) is 7.89. The molecule has 0 aliphatic rings. The summed E-state index contributed by atoms with van der Waals surface area (Å²) in [4.78, 5) is 29.3. The molecule has 2 heterocycles. The third-order valence-electron chi connectivity index (χ3n) is 4.13. The van der Waals surface area contributed by atoms with E-state index in [0.29, 0.717) is 11.5 Å². The number of carbonyl (C=O) groups is 1. The second-order valence-electron chi connectivity index (χ2n) is 6.20. The largest absolute Gasteiger partial charge is 0.333 e. The van der Waals surface area contributed by atoms with Crippen LogP contribution in [-0.2, 0) is 11.3 Å². The third kappa shape index (κ3) is 4.11. The van der Waals surface area contributed by atoms with Crippen LogP contribution in [0.3, 0.4) is 0 Å². The first-order chi connectivity index (χ1) is 14.1. The molecule has 8 heteroatoms. The molecule has 7 nitrogen and oxygen atoms in total. The van der Waals surface area contributed by atoms with Crippen LogP contribution in [0.25, 0.3) is 22.8 Å². The van der Waals surface area contributed by atoms with Crippen LogP contribution in [0, 0.1) is 5.82 Å². The van der Waals surface area contributed by atoms with Crippen molar-refractivity contribution in [2.75, 3.05) is 5.32 Å². The Balaban J connectivity index is 1.56. The van der Waals surface area contributed by atoms with Gasteiger partial charge in [0.2, 0.25) is 11.7 Å². The first kappa shape index (κ1) is 18.3. The fourth-order valence-corrected chi connectivity index (χ4v) is 2.78. The maximum absolute atomic E-state index is 13.2. The molecule has 0 unspecified atom stereocenters. The van der Waals surface area contributed by atoms with Crippen molar-refractivity contribution in [1.29, 1.82) is 0 Å². The summed E-state index contributed by atoms with van der Waals surface area (Å²) in [6, 6.07) is 17.9. The van der Waals surface area contributed by atoms with E-state index in [4.69, 9.17) is 4.52 Å². The minimum Gasteiger partial charge on any atom is -0.333 e. The minimum atomic E-state index is -0.467. The molecule has 4 rings (SSSR count). The van der Waals surface area contributed by atoms with Gasteiger partial charge in [-0.05, 0) is 30.3 Å². The van der Waals surface area contributed by atoms with Crippen LogP contribution in [0.5, 0.6) is 0 Å². The fraction of sp³-hybridized carbons (Fsp3) is 0.0476. The smallest absolute Gasteiger partial charge is 0.263 e. The summed E-state index contributed by atoms with van der Waals surface area (Å²) in [6.07, 6.45) is 1.48. The molecule has 0 radical (unpaired) electrons. The number of nitrogens with one attached hydrogen (secondary N) is 1. The van der Waals surface area contributed by atoms with Crippen LogP contribution in [-0.4, -0.2) is 20.6 Å². The highest BCUT2D eigenvalue weighted by Gasteiger charge is 2.16. The molecule has 2 aromatic carbocycles. The summed E-state index contributed by atoms with van der Waals surface area (Å²) in [7, 11) is 0. The van der Waals surface area contributed by atoms with Crippen molar-refractivity contribution in [2.45, 2.75) is 6.54 Å². The van der Waals surface area contributed by atoms with Gasteiger partial charge in [0.25, 0.3) is 11.4 Å². The van der Waals surface area contributed by atoms with Crippen molar-refractivity contribution in [3.63, 3.8) is 0 Å². The quantitative estimate of drug-likeness (QED) is 0.564. The van der Waals surface area contributed by atoms with Crippen LogP contribution in [0.1, 0.15) is 0 Å². The Hall–Kier alpha value is -4.07. The Morgan fingerprint density at radius 3 is 2.69 bits per heavy atom. The van der Waals surface area contributed by atoms with Gasteiger partial charge in [0, 0.05) is 17.4 Å². The highest BCUT2D eigenvalue weighted by Crippen LogP contribution is 2.19. The Labute approximate surface area is 164 Å². The van der Waals surface area contributed by atoms with Gasteiger partial charge in [0.05, 0.1) is 0 Å². The summed E-state index contributed by atoms with van der Waals surface area (Å²) in [5.41, 5.74) is 0.794. The minimum absolute atomic E-state index is 0.0636. The molecular weight excluding hydrogens is 375 g/mol. The molecule has 0 saturated carbocycles. The maximum atomic E-state index is 13.2. The lowest BCUT2D eigenvalue weighted by Gasteiger charge is -2.08. The van der Waals surface area contributed by atoms with Crippen molar-refractivity contribution in [2.24, 2.45) is 0 Å². The SMILES string of the molecule is O=C(Cn1cccc(-c2nc(-c3ccccc3)no2)c1=O)Nc1cccc(F)c1. The van der Waals surface area contributed by atoms with Crippen LogP contribution < -0.4 is 10.9 Å². The zero-order chi connectivity index (χ0) is 20.2. The van der Waals surface area contributed by atoms with Gasteiger partial charge in [-0.15, -0.1) is 0 Å². The third-order valence-corrected chi connectivity index (χ3v) is 4.13. The van der Waals surface area contributed by atoms with Crippen molar-refractivity contribution in [3.8, 4) is 22.8 Å². The molecule has 0 fully saturated rings. The number of hydrogen-bond donors (Lipinski definition) is 1. The van der Waals surface area contributed by atoms with E-state index in [1.165, 1.54) is 29.0 Å². The van der Waals surface area contributed by atoms with Gasteiger partial charge in [-0.1, -0.05) is 41.6 Å². The normalized spacial score (nSPS) is 10.7. The van der Waals surface area contributed by atoms with Crippen LogP contribution in [0.4, 0.5) is 10.1 Å². The maximum Gasteiger partial charge on any atom is 0.263 e. The van der Waals surface area contributed by atoms with Gasteiger partial charge in [0.15, 0.2) is 0 Å². The number of rotatable bonds is 5. The molecule has 0 atom stereocenters. The highest BCUT2D eigenvalue weighted by atomic mass is 19.1. The summed E-state index contributed by atoms with van der Waals surface area (Å²) in [6.45, 7) is -0.247. The molecule has 0 spiro atoms. The van der Waals surface area contributed by atoms with Gasteiger partial charge in [-0.2, -0.15) is 4.98 Å². The number of anilines is 1. The van der Waals surface area contributed by atoms with Gasteiger partial charge < -0.3 is 14.4 Å². The molecule has 0 saturated heterocycles. The Morgan fingerprint density at radius 1 is 1.07 bits per heavy atom. The lowest BCUT2D eigenvalue weighted by molar-refractivity contribution is -0.116. The number of hydrogen-bond acceptors (Lipinski definition) is 5. The lowest BCUT2D eigenvalue weighted by atomic mass is 10.2. The van der Waals surface area contributed by atoms with Gasteiger partial charge >= 0.3 is 0 Å². The van der Waals surface area contributed by atoms with E-state index < -0.39 is 17.3 Å². The van der Waals surface area contributed by atoms with Crippen LogP contribution >= 0.6 is 0 Å². The summed E-state index contributed by atoms with van der Waals surface area (Å²) in [5, 5.41) is 6.46. The molecule has 144 valence electrons. The van der Waals surface area contributed by atoms with Crippen molar-refractivity contribution >= 4 is 11.6 Å². The lowest BCUT2D eigenvalue weighted by Crippen LogP contribution is -2.28. The van der Waals surface area contributed by atoms with E-state index in [0.717, 1.165) is 5.56 Å². The van der Waals surface area contributed by atoms with E-state index in [1.807, 2.05) is 30.3 Å². The van der Waals surface area contributed by atoms with E-state index in [1.54, 1.807) is 18.2 Å². The van der Waals surface area contributed by atoms with Gasteiger partial charge in [-0.3, -0.25) is 9.59 Å². The van der Waals surface area contributed by atoms with Crippen LogP contribution in [0.15, 0.2) is 82.2 Å². The number of nitrogens with zero attached hydrogens (tertiary/aromatic N) is 3. The predicted octanol–water partition coefficient (Wildman–Crippen LogP) is 3.34. The number of carbonyl (C=O) groups excluding carboxylic acids is 1. The average molecular weight is 390 g/mol. The molecule has 29 heavy (non-hydrogen) atoms. The Bertz CT molecular complexity index is 1220. The summed E-state index contributed by atoms with van der Waals surface area (Å²) in [5.74, 6) is -0.508. The average Bonchev–Trinajstić information content (AvgIpc) is 3.20. The van der Waals surface area contributed by atoms with E-state index in [-0.39, 0.29) is 18.0 Å². The standard InChI is InChI=1S/C21H15FN4O3/c22-15-8-4-9-16(12-15)23-18(27)13-26-11-5-10-17(21(26)28)20-24-19(25-29-20)14-6-2-1-3-7-14/h1-12H,13H2,(H,23,27). The number of amides is 1. The van der Waals surface area contributed by atoms with E-state index >= 15 is 0 Å². The van der Waals surface area contributed by atoms with Crippen LogP contribution in [0.2, 0.25) is 0 Å². The molecule has 1 amide bonds. The Morgan fingerprint density at radius 2 is 1.90 bits per heavy atom. The number of pyridine rings is 1. The second-order valence-corrected chi connectivity index (χ2v) is 6.20. The Kier molecular flexibility index (Phi) is 4.98. The zero-order valence-corrected chi connectivity index (χ0v) is 15.1. The van der Waals surface area contributed by atoms with E-state index in [9.17, 15) is 14.0 Å². The monoisotopic (exact) mass is 390 g/mol. The molecular formula is C21H15FN4O3. The molecule has 2 aromatic heterocycles.